The molecule has 26 heavy (non-hydrogen) atoms. The first-order valence-corrected chi connectivity index (χ1v) is 9.43. The van der Waals surface area contributed by atoms with E-state index in [1.807, 2.05) is 30.3 Å². The van der Waals surface area contributed by atoms with Crippen molar-refractivity contribution in [3.05, 3.63) is 54.6 Å². The monoisotopic (exact) mass is 373 g/mol. The molecule has 7 nitrogen and oxygen atoms in total. The number of hydrogen-bond acceptors (Lipinski definition) is 5. The van der Waals surface area contributed by atoms with Crippen molar-refractivity contribution in [3.8, 4) is 11.1 Å². The zero-order valence-corrected chi connectivity index (χ0v) is 15.0. The molecule has 2 aromatic carbocycles. The third kappa shape index (κ3) is 3.47. The van der Waals surface area contributed by atoms with Crippen LogP contribution in [0, 0.1) is 0 Å². The molecule has 2 N–H and O–H groups in total. The van der Waals surface area contributed by atoms with E-state index in [9.17, 15) is 13.2 Å². The minimum Gasteiger partial charge on any atom is -0.399 e. The van der Waals surface area contributed by atoms with Crippen LogP contribution in [-0.4, -0.2) is 44.0 Å². The molecule has 1 unspecified atom stereocenters. The third-order valence-corrected chi connectivity index (χ3v) is 6.10. The number of amides is 1. The molecule has 136 valence electrons. The van der Waals surface area contributed by atoms with E-state index in [1.54, 1.807) is 12.1 Å². The lowest BCUT2D eigenvalue weighted by Crippen LogP contribution is -2.43. The predicted molar refractivity (Wildman–Crippen MR) is 97.8 cm³/mol. The fourth-order valence-corrected chi connectivity index (χ4v) is 4.54. The summed E-state index contributed by atoms with van der Waals surface area (Å²) in [4.78, 5) is 16.5. The van der Waals surface area contributed by atoms with Gasteiger partial charge in [0.2, 0.25) is 15.9 Å². The van der Waals surface area contributed by atoms with Crippen LogP contribution in [-0.2, 0) is 19.7 Å². The van der Waals surface area contributed by atoms with Crippen molar-refractivity contribution >= 4 is 21.6 Å². The van der Waals surface area contributed by atoms with Gasteiger partial charge in [-0.25, -0.2) is 8.42 Å². The van der Waals surface area contributed by atoms with Gasteiger partial charge in [0, 0.05) is 6.42 Å². The minimum atomic E-state index is -3.89. The Hall–Kier alpha value is -2.71. The number of carbonyl (C=O) groups excluding carboxylic acids is 1. The van der Waals surface area contributed by atoms with Gasteiger partial charge in [-0.2, -0.15) is 4.31 Å². The quantitative estimate of drug-likeness (QED) is 0.804. The number of carbonyl (C=O) groups is 1. The molecule has 0 aromatic heterocycles. The van der Waals surface area contributed by atoms with Gasteiger partial charge in [-0.05, 0) is 23.3 Å². The molecule has 1 atom stereocenters. The molecule has 1 fully saturated rings. The van der Waals surface area contributed by atoms with Crippen LogP contribution in [0.5, 0.6) is 0 Å². The minimum absolute atomic E-state index is 0.0236. The van der Waals surface area contributed by atoms with Gasteiger partial charge in [0.15, 0.2) is 0 Å². The average Bonchev–Trinajstić information content (AvgIpc) is 3.08. The van der Waals surface area contributed by atoms with Crippen LogP contribution in [0.3, 0.4) is 0 Å². The zero-order valence-electron chi connectivity index (χ0n) is 14.2. The zero-order chi connectivity index (χ0) is 18.7. The van der Waals surface area contributed by atoms with E-state index < -0.39 is 22.0 Å². The van der Waals surface area contributed by atoms with E-state index in [0.717, 1.165) is 15.4 Å². The molecule has 0 bridgehead atoms. The molecule has 0 radical (unpaired) electrons. The first-order valence-electron chi connectivity index (χ1n) is 7.99. The lowest BCUT2D eigenvalue weighted by atomic mass is 10.1. The summed E-state index contributed by atoms with van der Waals surface area (Å²) >= 11 is 0. The standard InChI is InChI=1S/C18H19N3O4S/c1-25-20-15-11-17(18(19)22)21(12-15)26(23,24)16-9-7-14(8-10-16)13-5-3-2-4-6-13/h2-10,17H,11-12H2,1H3,(H2,19,22). The predicted octanol–water partition coefficient (Wildman–Crippen LogP) is 1.60. The van der Waals surface area contributed by atoms with Crippen LogP contribution < -0.4 is 5.73 Å². The highest BCUT2D eigenvalue weighted by Gasteiger charge is 2.41. The summed E-state index contributed by atoms with van der Waals surface area (Å²) in [6.07, 6.45) is 0.129. The van der Waals surface area contributed by atoms with Crippen LogP contribution in [0.15, 0.2) is 64.6 Å². The van der Waals surface area contributed by atoms with E-state index in [4.69, 9.17) is 10.6 Å². The van der Waals surface area contributed by atoms with Gasteiger partial charge in [-0.1, -0.05) is 47.6 Å². The Balaban J connectivity index is 1.92. The molecule has 1 aliphatic rings. The molecule has 1 heterocycles. The Morgan fingerprint density at radius 2 is 1.73 bits per heavy atom. The Kier molecular flexibility index (Phi) is 5.06. The van der Waals surface area contributed by atoms with Crippen molar-refractivity contribution in [3.63, 3.8) is 0 Å². The molecule has 1 aliphatic heterocycles. The van der Waals surface area contributed by atoms with Crippen molar-refractivity contribution in [1.29, 1.82) is 0 Å². The Morgan fingerprint density at radius 1 is 1.12 bits per heavy atom. The largest absolute Gasteiger partial charge is 0.399 e. The fourth-order valence-electron chi connectivity index (χ4n) is 2.96. The van der Waals surface area contributed by atoms with Crippen molar-refractivity contribution in [1.82, 2.24) is 4.31 Å². The van der Waals surface area contributed by atoms with Crippen molar-refractivity contribution < 1.29 is 18.0 Å². The summed E-state index contributed by atoms with van der Waals surface area (Å²) in [6, 6.07) is 15.2. The molecule has 8 heteroatoms. The van der Waals surface area contributed by atoms with Crippen molar-refractivity contribution in [2.24, 2.45) is 10.9 Å². The lowest BCUT2D eigenvalue weighted by Gasteiger charge is -2.21. The van der Waals surface area contributed by atoms with E-state index in [1.165, 1.54) is 19.2 Å². The van der Waals surface area contributed by atoms with Crippen LogP contribution in [0.1, 0.15) is 6.42 Å². The second kappa shape index (κ2) is 7.27. The number of hydrogen-bond donors (Lipinski definition) is 1. The summed E-state index contributed by atoms with van der Waals surface area (Å²) in [5, 5.41) is 3.77. The maximum absolute atomic E-state index is 13.0. The van der Waals surface area contributed by atoms with E-state index in [2.05, 4.69) is 5.16 Å². The molecule has 1 saturated heterocycles. The smallest absolute Gasteiger partial charge is 0.244 e. The highest BCUT2D eigenvalue weighted by Crippen LogP contribution is 2.27. The van der Waals surface area contributed by atoms with Gasteiger partial charge in [0.25, 0.3) is 0 Å². The first kappa shape index (κ1) is 18.1. The van der Waals surface area contributed by atoms with E-state index in [0.29, 0.717) is 5.71 Å². The SMILES string of the molecule is CON=C1CC(C(N)=O)N(S(=O)(=O)c2ccc(-c3ccccc3)cc2)C1. The number of sulfonamides is 1. The summed E-state index contributed by atoms with van der Waals surface area (Å²) in [5.41, 5.74) is 7.73. The van der Waals surface area contributed by atoms with E-state index in [-0.39, 0.29) is 17.9 Å². The maximum Gasteiger partial charge on any atom is 0.244 e. The Bertz CT molecular complexity index is 925. The molecule has 0 saturated carbocycles. The molecule has 0 spiro atoms. The number of nitrogens with two attached hydrogens (primary N) is 1. The van der Waals surface area contributed by atoms with Gasteiger partial charge >= 0.3 is 0 Å². The average molecular weight is 373 g/mol. The van der Waals surface area contributed by atoms with Crippen LogP contribution in [0.25, 0.3) is 11.1 Å². The number of nitrogens with zero attached hydrogens (tertiary/aromatic N) is 2. The van der Waals surface area contributed by atoms with Crippen molar-refractivity contribution in [2.75, 3.05) is 13.7 Å². The van der Waals surface area contributed by atoms with Gasteiger partial charge in [-0.15, -0.1) is 0 Å². The normalized spacial score (nSPS) is 19.6. The summed E-state index contributed by atoms with van der Waals surface area (Å²) in [5.74, 6) is -0.712. The number of primary amides is 1. The number of rotatable bonds is 5. The van der Waals surface area contributed by atoms with Gasteiger partial charge in [0.05, 0.1) is 17.2 Å². The number of oxime groups is 1. The third-order valence-electron chi connectivity index (χ3n) is 4.23. The fraction of sp³-hybridized carbons (Fsp3) is 0.222. The molecule has 3 rings (SSSR count). The molecular formula is C18H19N3O4S. The molecule has 0 aliphatic carbocycles. The molecule has 1 amide bonds. The van der Waals surface area contributed by atoms with Crippen LogP contribution >= 0.6 is 0 Å². The lowest BCUT2D eigenvalue weighted by molar-refractivity contribution is -0.120. The Labute approximate surface area is 152 Å². The number of benzene rings is 2. The van der Waals surface area contributed by atoms with Gasteiger partial charge in [-0.3, -0.25) is 4.79 Å². The van der Waals surface area contributed by atoms with Crippen LogP contribution in [0.4, 0.5) is 0 Å². The molecular weight excluding hydrogens is 354 g/mol. The second-order valence-electron chi connectivity index (χ2n) is 5.90. The van der Waals surface area contributed by atoms with Crippen LogP contribution in [0.2, 0.25) is 0 Å². The summed E-state index contributed by atoms with van der Waals surface area (Å²) in [7, 11) is -2.52. The summed E-state index contributed by atoms with van der Waals surface area (Å²) < 4.78 is 27.0. The van der Waals surface area contributed by atoms with Gasteiger partial charge in [0.1, 0.15) is 13.2 Å². The second-order valence-corrected chi connectivity index (χ2v) is 7.79. The first-order chi connectivity index (χ1) is 12.4. The van der Waals surface area contributed by atoms with E-state index >= 15 is 0 Å². The van der Waals surface area contributed by atoms with Gasteiger partial charge < -0.3 is 10.6 Å². The Morgan fingerprint density at radius 3 is 2.31 bits per heavy atom. The maximum atomic E-state index is 13.0. The highest BCUT2D eigenvalue weighted by atomic mass is 32.2. The summed E-state index contributed by atoms with van der Waals surface area (Å²) in [6.45, 7) is -0.0236. The highest BCUT2D eigenvalue weighted by molar-refractivity contribution is 7.89. The topological polar surface area (TPSA) is 102 Å². The molecule has 2 aromatic rings. The van der Waals surface area contributed by atoms with Crippen molar-refractivity contribution in [2.45, 2.75) is 17.4 Å².